The molecular weight excluding hydrogens is 309 g/mol. The summed E-state index contributed by atoms with van der Waals surface area (Å²) < 4.78 is 18.2. The van der Waals surface area contributed by atoms with E-state index in [1.807, 2.05) is 0 Å². The topological polar surface area (TPSA) is 68.0 Å². The number of hydrogen-bond donors (Lipinski definition) is 1. The van der Waals surface area contributed by atoms with E-state index in [0.717, 1.165) is 31.7 Å². The van der Waals surface area contributed by atoms with E-state index < -0.39 is 11.4 Å². The minimum Gasteiger partial charge on any atom is -0.340 e. The van der Waals surface area contributed by atoms with Gasteiger partial charge in [0.25, 0.3) is 5.91 Å². The van der Waals surface area contributed by atoms with Gasteiger partial charge in [-0.2, -0.15) is 4.98 Å². The first-order valence-corrected chi connectivity index (χ1v) is 7.46. The van der Waals surface area contributed by atoms with Gasteiger partial charge in [-0.3, -0.25) is 4.79 Å². The summed E-state index contributed by atoms with van der Waals surface area (Å²) in [6, 6.07) is 3.70. The van der Waals surface area contributed by atoms with Gasteiger partial charge in [0.1, 0.15) is 11.4 Å². The molecule has 1 aliphatic rings. The van der Waals surface area contributed by atoms with Crippen LogP contribution in [0.5, 0.6) is 0 Å². The summed E-state index contributed by atoms with van der Waals surface area (Å²) in [5, 5.41) is 7.01. The number of amides is 1. The lowest BCUT2D eigenvalue weighted by Crippen LogP contribution is -2.44. The SMILES string of the molecule is Cc1nc(C2(NC(=O)c3ccc(F)cc3Cl)CCCC2)no1. The van der Waals surface area contributed by atoms with Crippen LogP contribution < -0.4 is 5.32 Å². The van der Waals surface area contributed by atoms with Gasteiger partial charge in [0.15, 0.2) is 5.82 Å². The highest BCUT2D eigenvalue weighted by molar-refractivity contribution is 6.33. The fourth-order valence-electron chi connectivity index (χ4n) is 2.83. The van der Waals surface area contributed by atoms with Crippen molar-refractivity contribution in [3.05, 3.63) is 46.3 Å². The van der Waals surface area contributed by atoms with Crippen molar-refractivity contribution < 1.29 is 13.7 Å². The molecule has 2 aromatic rings. The maximum absolute atomic E-state index is 13.1. The highest BCUT2D eigenvalue weighted by Gasteiger charge is 2.41. The first-order chi connectivity index (χ1) is 10.5. The van der Waals surface area contributed by atoms with Crippen molar-refractivity contribution in [3.63, 3.8) is 0 Å². The molecule has 1 heterocycles. The molecule has 1 aromatic carbocycles. The molecule has 0 atom stereocenters. The summed E-state index contributed by atoms with van der Waals surface area (Å²) in [7, 11) is 0. The lowest BCUT2D eigenvalue weighted by atomic mass is 9.96. The number of carbonyl (C=O) groups excluding carboxylic acids is 1. The fourth-order valence-corrected chi connectivity index (χ4v) is 3.09. The molecule has 1 N–H and O–H groups in total. The van der Waals surface area contributed by atoms with Crippen molar-refractivity contribution >= 4 is 17.5 Å². The van der Waals surface area contributed by atoms with Crippen LogP contribution in [0.1, 0.15) is 47.8 Å². The second-order valence-corrected chi connectivity index (χ2v) is 5.91. The first kappa shape index (κ1) is 15.0. The van der Waals surface area contributed by atoms with Crippen molar-refractivity contribution in [2.75, 3.05) is 0 Å². The Labute approximate surface area is 131 Å². The van der Waals surface area contributed by atoms with Crippen LogP contribution in [0, 0.1) is 12.7 Å². The Bertz CT molecular complexity index is 711. The number of benzene rings is 1. The van der Waals surface area contributed by atoms with Crippen molar-refractivity contribution in [1.29, 1.82) is 0 Å². The highest BCUT2D eigenvalue weighted by atomic mass is 35.5. The molecule has 5 nitrogen and oxygen atoms in total. The summed E-state index contributed by atoms with van der Waals surface area (Å²) >= 11 is 5.95. The normalized spacial score (nSPS) is 16.7. The third-order valence-electron chi connectivity index (χ3n) is 3.94. The second kappa shape index (κ2) is 5.68. The Kier molecular flexibility index (Phi) is 3.87. The van der Waals surface area contributed by atoms with Crippen LogP contribution in [0.15, 0.2) is 22.7 Å². The van der Waals surface area contributed by atoms with E-state index in [9.17, 15) is 9.18 Å². The quantitative estimate of drug-likeness (QED) is 0.940. The molecule has 0 saturated heterocycles. The van der Waals surface area contributed by atoms with Crippen LogP contribution >= 0.6 is 11.6 Å². The molecule has 1 saturated carbocycles. The van der Waals surface area contributed by atoms with Gasteiger partial charge in [-0.15, -0.1) is 0 Å². The Morgan fingerprint density at radius 1 is 1.41 bits per heavy atom. The number of hydrogen-bond acceptors (Lipinski definition) is 4. The maximum atomic E-state index is 13.1. The summed E-state index contributed by atoms with van der Waals surface area (Å²) in [6.45, 7) is 1.71. The number of rotatable bonds is 3. The molecule has 0 spiro atoms. The molecule has 0 bridgehead atoms. The summed E-state index contributed by atoms with van der Waals surface area (Å²) in [5.74, 6) is 0.0877. The average molecular weight is 324 g/mol. The van der Waals surface area contributed by atoms with Crippen molar-refractivity contribution in [3.8, 4) is 0 Å². The van der Waals surface area contributed by atoms with Crippen LogP contribution in [0.2, 0.25) is 5.02 Å². The largest absolute Gasteiger partial charge is 0.340 e. The molecule has 0 unspecified atom stereocenters. The molecule has 1 amide bonds. The van der Waals surface area contributed by atoms with E-state index in [0.29, 0.717) is 11.7 Å². The lowest BCUT2D eigenvalue weighted by molar-refractivity contribution is 0.0892. The van der Waals surface area contributed by atoms with Gasteiger partial charge in [-0.05, 0) is 31.0 Å². The monoisotopic (exact) mass is 323 g/mol. The number of aromatic nitrogens is 2. The zero-order chi connectivity index (χ0) is 15.7. The number of carbonyl (C=O) groups is 1. The van der Waals surface area contributed by atoms with Gasteiger partial charge in [0.2, 0.25) is 5.89 Å². The fraction of sp³-hybridized carbons (Fsp3) is 0.400. The zero-order valence-corrected chi connectivity index (χ0v) is 12.8. The van der Waals surface area contributed by atoms with E-state index in [4.69, 9.17) is 16.1 Å². The molecular formula is C15H15ClFN3O2. The molecule has 1 aromatic heterocycles. The van der Waals surface area contributed by atoms with Crippen LogP contribution in [0.3, 0.4) is 0 Å². The summed E-state index contributed by atoms with van der Waals surface area (Å²) in [5.41, 5.74) is -0.415. The Morgan fingerprint density at radius 2 is 2.14 bits per heavy atom. The molecule has 0 radical (unpaired) electrons. The smallest absolute Gasteiger partial charge is 0.253 e. The van der Waals surface area contributed by atoms with Gasteiger partial charge < -0.3 is 9.84 Å². The second-order valence-electron chi connectivity index (χ2n) is 5.50. The Balaban J connectivity index is 1.89. The summed E-state index contributed by atoms with van der Waals surface area (Å²) in [6.07, 6.45) is 3.39. The lowest BCUT2D eigenvalue weighted by Gasteiger charge is -2.27. The molecule has 7 heteroatoms. The zero-order valence-electron chi connectivity index (χ0n) is 12.0. The van der Waals surface area contributed by atoms with Crippen LogP contribution in [-0.4, -0.2) is 16.0 Å². The van der Waals surface area contributed by atoms with Crippen molar-refractivity contribution in [1.82, 2.24) is 15.5 Å². The molecule has 0 aliphatic heterocycles. The predicted molar refractivity (Wildman–Crippen MR) is 78.1 cm³/mol. The van der Waals surface area contributed by atoms with E-state index in [1.165, 1.54) is 12.1 Å². The third kappa shape index (κ3) is 2.70. The minimum absolute atomic E-state index is 0.0786. The third-order valence-corrected chi connectivity index (χ3v) is 4.25. The van der Waals surface area contributed by atoms with E-state index in [1.54, 1.807) is 6.92 Å². The van der Waals surface area contributed by atoms with Gasteiger partial charge >= 0.3 is 0 Å². The van der Waals surface area contributed by atoms with Crippen LogP contribution in [0.25, 0.3) is 0 Å². The summed E-state index contributed by atoms with van der Waals surface area (Å²) in [4.78, 5) is 16.8. The molecule has 1 aliphatic carbocycles. The van der Waals surface area contributed by atoms with Crippen molar-refractivity contribution in [2.24, 2.45) is 0 Å². The van der Waals surface area contributed by atoms with Gasteiger partial charge in [-0.1, -0.05) is 29.6 Å². The van der Waals surface area contributed by atoms with Crippen LogP contribution in [0.4, 0.5) is 4.39 Å². The predicted octanol–water partition coefficient (Wildman–Crippen LogP) is 3.37. The number of nitrogens with one attached hydrogen (secondary N) is 1. The van der Waals surface area contributed by atoms with Gasteiger partial charge in [0.05, 0.1) is 10.6 Å². The van der Waals surface area contributed by atoms with Gasteiger partial charge in [-0.25, -0.2) is 4.39 Å². The van der Waals surface area contributed by atoms with E-state index >= 15 is 0 Å². The van der Waals surface area contributed by atoms with Crippen molar-refractivity contribution in [2.45, 2.75) is 38.1 Å². The molecule has 3 rings (SSSR count). The number of halogens is 2. The highest BCUT2D eigenvalue weighted by Crippen LogP contribution is 2.37. The molecule has 116 valence electrons. The average Bonchev–Trinajstić information content (AvgIpc) is 3.08. The van der Waals surface area contributed by atoms with Gasteiger partial charge in [0, 0.05) is 6.92 Å². The molecule has 22 heavy (non-hydrogen) atoms. The number of nitrogens with zero attached hydrogens (tertiary/aromatic N) is 2. The standard InChI is InChI=1S/C15H15ClFN3O2/c1-9-18-14(20-22-9)15(6-2-3-7-15)19-13(21)11-5-4-10(17)8-12(11)16/h4-5,8H,2-3,6-7H2,1H3,(H,19,21). The van der Waals surface area contributed by atoms with Crippen LogP contribution in [-0.2, 0) is 5.54 Å². The molecule has 1 fully saturated rings. The number of aryl methyl sites for hydroxylation is 1. The van der Waals surface area contributed by atoms with E-state index in [2.05, 4.69) is 15.5 Å². The minimum atomic E-state index is -0.646. The Morgan fingerprint density at radius 3 is 2.73 bits per heavy atom. The maximum Gasteiger partial charge on any atom is 0.253 e. The van der Waals surface area contributed by atoms with E-state index in [-0.39, 0.29) is 16.5 Å². The first-order valence-electron chi connectivity index (χ1n) is 7.08. The Hall–Kier alpha value is -1.95.